The highest BCUT2D eigenvalue weighted by Crippen LogP contribution is 2.38. The number of methoxy groups -OCH3 is 1. The van der Waals surface area contributed by atoms with Gasteiger partial charge >= 0.3 is 6.09 Å². The van der Waals surface area contributed by atoms with E-state index in [1.165, 1.54) is 18.4 Å². The molecule has 0 aliphatic carbocycles. The number of hydrogen-bond donors (Lipinski definition) is 1. The quantitative estimate of drug-likeness (QED) is 0.659. The van der Waals surface area contributed by atoms with Crippen LogP contribution in [0.3, 0.4) is 0 Å². The van der Waals surface area contributed by atoms with Gasteiger partial charge in [0, 0.05) is 11.4 Å². The predicted molar refractivity (Wildman–Crippen MR) is 119 cm³/mol. The molecule has 2 heterocycles. The number of benzene rings is 2. The smallest absolute Gasteiger partial charge is 0.409 e. The monoisotopic (exact) mass is 431 g/mol. The first kappa shape index (κ1) is 20.6. The Morgan fingerprint density at radius 3 is 2.26 bits per heavy atom. The molecular weight excluding hydrogens is 410 g/mol. The number of hydrogen-bond acceptors (Lipinski definition) is 5. The van der Waals surface area contributed by atoms with Gasteiger partial charge in [-0.3, -0.25) is 4.79 Å². The minimum atomic E-state index is -0.500. The van der Waals surface area contributed by atoms with Crippen molar-refractivity contribution in [2.24, 2.45) is 0 Å². The molecule has 0 bridgehead atoms. The van der Waals surface area contributed by atoms with Crippen LogP contribution in [-0.2, 0) is 22.5 Å². The second-order valence-electron chi connectivity index (χ2n) is 7.20. The minimum Gasteiger partial charge on any atom is -0.453 e. The predicted octanol–water partition coefficient (Wildman–Crippen LogP) is 4.51. The molecule has 0 saturated carbocycles. The summed E-state index contributed by atoms with van der Waals surface area (Å²) < 4.78 is 4.82. The summed E-state index contributed by atoms with van der Waals surface area (Å²) in [5, 5.41) is 13.3. The molecule has 0 atom stereocenters. The second kappa shape index (κ2) is 9.02. The van der Waals surface area contributed by atoms with Crippen LogP contribution in [0.5, 0.6) is 0 Å². The van der Waals surface area contributed by atoms with Gasteiger partial charge in [-0.2, -0.15) is 5.26 Å². The molecule has 1 aromatic heterocycles. The first-order valence-corrected chi connectivity index (χ1v) is 10.7. The third-order valence-electron chi connectivity index (χ3n) is 5.37. The van der Waals surface area contributed by atoms with Gasteiger partial charge in [0.2, 0.25) is 5.91 Å². The molecule has 0 saturated heterocycles. The normalized spacial score (nSPS) is 12.7. The SMILES string of the molecule is COC(=O)N1CCc2c(sc(NC(=O)C(c3ccccc3)c3ccccc3)c2C#N)C1. The minimum absolute atomic E-state index is 0.197. The molecular formula is C24H21N3O3S. The number of amides is 2. The van der Waals surface area contributed by atoms with Crippen LogP contribution in [0.4, 0.5) is 9.80 Å². The van der Waals surface area contributed by atoms with Crippen molar-refractivity contribution in [3.8, 4) is 6.07 Å². The Morgan fingerprint density at radius 2 is 1.71 bits per heavy atom. The molecule has 0 unspecified atom stereocenters. The Morgan fingerprint density at radius 1 is 1.10 bits per heavy atom. The van der Waals surface area contributed by atoms with Crippen molar-refractivity contribution in [3.05, 3.63) is 87.8 Å². The van der Waals surface area contributed by atoms with Crippen LogP contribution < -0.4 is 5.32 Å². The summed E-state index contributed by atoms with van der Waals surface area (Å²) in [7, 11) is 1.35. The summed E-state index contributed by atoms with van der Waals surface area (Å²) >= 11 is 1.35. The van der Waals surface area contributed by atoms with Gasteiger partial charge < -0.3 is 15.0 Å². The van der Waals surface area contributed by atoms with Crippen molar-refractivity contribution in [1.82, 2.24) is 4.90 Å². The lowest BCUT2D eigenvalue weighted by molar-refractivity contribution is -0.116. The van der Waals surface area contributed by atoms with Crippen molar-refractivity contribution < 1.29 is 14.3 Å². The second-order valence-corrected chi connectivity index (χ2v) is 8.31. The Hall–Kier alpha value is -3.63. The van der Waals surface area contributed by atoms with E-state index in [2.05, 4.69) is 11.4 Å². The first-order chi connectivity index (χ1) is 15.1. The number of carbonyl (C=O) groups is 2. The molecule has 2 aromatic carbocycles. The largest absolute Gasteiger partial charge is 0.453 e. The average molecular weight is 432 g/mol. The van der Waals surface area contributed by atoms with Gasteiger partial charge in [-0.15, -0.1) is 11.3 Å². The first-order valence-electron chi connectivity index (χ1n) is 9.90. The maximum absolute atomic E-state index is 13.4. The maximum Gasteiger partial charge on any atom is 0.409 e. The van der Waals surface area contributed by atoms with Gasteiger partial charge in [0.1, 0.15) is 11.1 Å². The van der Waals surface area contributed by atoms with E-state index < -0.39 is 12.0 Å². The lowest BCUT2D eigenvalue weighted by atomic mass is 9.90. The maximum atomic E-state index is 13.4. The summed E-state index contributed by atoms with van der Waals surface area (Å²) in [6.07, 6.45) is 0.164. The highest BCUT2D eigenvalue weighted by Gasteiger charge is 2.29. The highest BCUT2D eigenvalue weighted by molar-refractivity contribution is 7.16. The number of fused-ring (bicyclic) bond motifs is 1. The zero-order chi connectivity index (χ0) is 21.8. The number of rotatable bonds is 4. The van der Waals surface area contributed by atoms with Gasteiger partial charge in [-0.1, -0.05) is 60.7 Å². The average Bonchev–Trinajstić information content (AvgIpc) is 3.16. The Labute approximate surface area is 184 Å². The highest BCUT2D eigenvalue weighted by atomic mass is 32.1. The van der Waals surface area contributed by atoms with Crippen LogP contribution in [0.1, 0.15) is 33.0 Å². The fourth-order valence-corrected chi connectivity index (χ4v) is 5.08. The molecule has 4 rings (SSSR count). The number of anilines is 1. The molecule has 0 spiro atoms. The van der Waals surface area contributed by atoms with E-state index in [0.717, 1.165) is 21.6 Å². The van der Waals surface area contributed by atoms with E-state index in [1.54, 1.807) is 4.90 Å². The van der Waals surface area contributed by atoms with Crippen LogP contribution in [-0.4, -0.2) is 30.6 Å². The lowest BCUT2D eigenvalue weighted by Gasteiger charge is -2.25. The lowest BCUT2D eigenvalue weighted by Crippen LogP contribution is -2.35. The van der Waals surface area contributed by atoms with Gasteiger partial charge in [0.25, 0.3) is 0 Å². The summed E-state index contributed by atoms with van der Waals surface area (Å²) in [6, 6.07) is 21.4. The van der Waals surface area contributed by atoms with E-state index in [9.17, 15) is 14.9 Å². The fourth-order valence-electron chi connectivity index (χ4n) is 3.87. The molecule has 1 aliphatic rings. The molecule has 156 valence electrons. The standard InChI is InChI=1S/C24H21N3O3S/c1-30-24(29)27-13-12-18-19(14-25)23(31-20(18)15-27)26-22(28)21(16-8-4-2-5-9-16)17-10-6-3-7-11-17/h2-11,21H,12-13,15H2,1H3,(H,26,28). The van der Waals surface area contributed by atoms with Crippen molar-refractivity contribution in [3.63, 3.8) is 0 Å². The summed E-state index contributed by atoms with van der Waals surface area (Å²) in [4.78, 5) is 27.8. The van der Waals surface area contributed by atoms with E-state index in [1.807, 2.05) is 60.7 Å². The summed E-state index contributed by atoms with van der Waals surface area (Å²) in [5.74, 6) is -0.697. The molecule has 6 nitrogen and oxygen atoms in total. The van der Waals surface area contributed by atoms with Gasteiger partial charge in [-0.25, -0.2) is 4.79 Å². The number of carbonyl (C=O) groups excluding carboxylic acids is 2. The zero-order valence-electron chi connectivity index (χ0n) is 17.0. The molecule has 3 aromatic rings. The van der Waals surface area contributed by atoms with Crippen LogP contribution in [0.2, 0.25) is 0 Å². The number of ether oxygens (including phenoxy) is 1. The Bertz CT molecular complexity index is 1100. The molecule has 1 aliphatic heterocycles. The number of nitriles is 1. The zero-order valence-corrected chi connectivity index (χ0v) is 17.8. The molecule has 31 heavy (non-hydrogen) atoms. The van der Waals surface area contributed by atoms with Crippen LogP contribution in [0, 0.1) is 11.3 Å². The van der Waals surface area contributed by atoms with Crippen molar-refractivity contribution >= 4 is 28.3 Å². The van der Waals surface area contributed by atoms with Crippen molar-refractivity contribution in [1.29, 1.82) is 5.26 Å². The van der Waals surface area contributed by atoms with Gasteiger partial charge in [0.15, 0.2) is 0 Å². The van der Waals surface area contributed by atoms with Crippen molar-refractivity contribution in [2.45, 2.75) is 18.9 Å². The number of nitrogens with one attached hydrogen (secondary N) is 1. The number of thiophene rings is 1. The van der Waals surface area contributed by atoms with E-state index in [0.29, 0.717) is 30.1 Å². The Kier molecular flexibility index (Phi) is 6.01. The van der Waals surface area contributed by atoms with Crippen LogP contribution >= 0.6 is 11.3 Å². The third kappa shape index (κ3) is 4.16. The third-order valence-corrected chi connectivity index (χ3v) is 6.50. The molecule has 7 heteroatoms. The Balaban J connectivity index is 1.65. The van der Waals surface area contributed by atoms with Gasteiger partial charge in [-0.05, 0) is 23.1 Å². The summed E-state index contributed by atoms with van der Waals surface area (Å²) in [5.41, 5.74) is 3.14. The molecule has 1 N–H and O–H groups in total. The van der Waals surface area contributed by atoms with E-state index in [4.69, 9.17) is 4.74 Å². The number of nitrogens with zero attached hydrogens (tertiary/aromatic N) is 2. The fraction of sp³-hybridized carbons (Fsp3) is 0.208. The molecule has 0 fully saturated rings. The van der Waals surface area contributed by atoms with E-state index >= 15 is 0 Å². The van der Waals surface area contributed by atoms with Gasteiger partial charge in [0.05, 0.1) is 25.1 Å². The van der Waals surface area contributed by atoms with E-state index in [-0.39, 0.29) is 5.91 Å². The molecule has 0 radical (unpaired) electrons. The summed E-state index contributed by atoms with van der Waals surface area (Å²) in [6.45, 7) is 0.854. The van der Waals surface area contributed by atoms with Crippen molar-refractivity contribution in [2.75, 3.05) is 19.0 Å². The van der Waals surface area contributed by atoms with Crippen LogP contribution in [0.15, 0.2) is 60.7 Å². The topological polar surface area (TPSA) is 82.4 Å². The van der Waals surface area contributed by atoms with Crippen LogP contribution in [0.25, 0.3) is 0 Å². The molecule has 2 amide bonds.